The Hall–Kier alpha value is -1.90. The zero-order valence-electron chi connectivity index (χ0n) is 15.2. The lowest BCUT2D eigenvalue weighted by Crippen LogP contribution is -2.18. The van der Waals surface area contributed by atoms with E-state index < -0.39 is 0 Å². The Bertz CT molecular complexity index is 842. The minimum absolute atomic E-state index is 0.222. The van der Waals surface area contributed by atoms with Crippen molar-refractivity contribution in [1.29, 1.82) is 0 Å². The van der Waals surface area contributed by atoms with Gasteiger partial charge in [-0.15, -0.1) is 0 Å². The van der Waals surface area contributed by atoms with Crippen LogP contribution < -0.4 is 0 Å². The fourth-order valence-electron chi connectivity index (χ4n) is 4.56. The van der Waals surface area contributed by atoms with Crippen molar-refractivity contribution < 1.29 is 9.47 Å². The van der Waals surface area contributed by atoms with Gasteiger partial charge in [-0.2, -0.15) is 0 Å². The maximum absolute atomic E-state index is 6.18. The molecule has 2 nitrogen and oxygen atoms in total. The van der Waals surface area contributed by atoms with Gasteiger partial charge in [-0.3, -0.25) is 0 Å². The molecule has 2 atom stereocenters. The zero-order chi connectivity index (χ0) is 17.3. The molecular formula is C24H26O2. The van der Waals surface area contributed by atoms with Crippen LogP contribution in [0.25, 0.3) is 21.5 Å². The largest absolute Gasteiger partial charge is 0.374 e. The summed E-state index contributed by atoms with van der Waals surface area (Å²) < 4.78 is 12.4. The molecule has 134 valence electrons. The van der Waals surface area contributed by atoms with Gasteiger partial charge in [0.25, 0.3) is 0 Å². The number of ether oxygens (including phenoxy) is 2. The summed E-state index contributed by atoms with van der Waals surface area (Å²) in [5.41, 5.74) is 2.72. The molecule has 0 bridgehead atoms. The molecule has 2 heterocycles. The van der Waals surface area contributed by atoms with Crippen LogP contribution in [0.5, 0.6) is 0 Å². The molecule has 0 aliphatic carbocycles. The first-order valence-corrected chi connectivity index (χ1v) is 10.1. The van der Waals surface area contributed by atoms with E-state index in [9.17, 15) is 0 Å². The van der Waals surface area contributed by atoms with Crippen LogP contribution in [-0.4, -0.2) is 13.2 Å². The standard InChI is InChI=1S/C24H26O2/c1-2-8-18-14-20-16-22(24-10-4-6-12-26-24)21(23-9-3-5-11-25-23)15-19(20)13-17(18)7-1/h1-2,7-8,13-16,23-24H,3-6,9-12H2. The van der Waals surface area contributed by atoms with E-state index in [1.165, 1.54) is 58.4 Å². The van der Waals surface area contributed by atoms with Gasteiger partial charge >= 0.3 is 0 Å². The molecule has 2 saturated heterocycles. The lowest BCUT2D eigenvalue weighted by atomic mass is 9.88. The second-order valence-corrected chi connectivity index (χ2v) is 7.74. The van der Waals surface area contributed by atoms with Gasteiger partial charge in [-0.05, 0) is 95.5 Å². The summed E-state index contributed by atoms with van der Waals surface area (Å²) in [4.78, 5) is 0. The van der Waals surface area contributed by atoms with E-state index in [2.05, 4.69) is 48.5 Å². The van der Waals surface area contributed by atoms with E-state index >= 15 is 0 Å². The average molecular weight is 346 g/mol. The summed E-state index contributed by atoms with van der Waals surface area (Å²) in [7, 11) is 0. The molecule has 0 spiro atoms. The quantitative estimate of drug-likeness (QED) is 0.495. The van der Waals surface area contributed by atoms with Crippen LogP contribution in [0.3, 0.4) is 0 Å². The summed E-state index contributed by atoms with van der Waals surface area (Å²) in [5.74, 6) is 0. The monoisotopic (exact) mass is 346 g/mol. The minimum atomic E-state index is 0.222. The van der Waals surface area contributed by atoms with E-state index in [4.69, 9.17) is 9.47 Å². The van der Waals surface area contributed by atoms with Gasteiger partial charge in [-0.25, -0.2) is 0 Å². The number of hydrogen-bond acceptors (Lipinski definition) is 2. The van der Waals surface area contributed by atoms with Crippen molar-refractivity contribution in [2.24, 2.45) is 0 Å². The first-order chi connectivity index (χ1) is 12.9. The number of fused-ring (bicyclic) bond motifs is 2. The molecule has 2 heteroatoms. The zero-order valence-corrected chi connectivity index (χ0v) is 15.2. The summed E-state index contributed by atoms with van der Waals surface area (Å²) in [5, 5.41) is 5.23. The van der Waals surface area contributed by atoms with Crippen LogP contribution in [0.15, 0.2) is 48.5 Å². The fourth-order valence-corrected chi connectivity index (χ4v) is 4.56. The van der Waals surface area contributed by atoms with Gasteiger partial charge in [0.15, 0.2) is 0 Å². The number of hydrogen-bond donors (Lipinski definition) is 0. The number of benzene rings is 3. The van der Waals surface area contributed by atoms with Gasteiger partial charge in [0.1, 0.15) is 0 Å². The molecule has 2 aliphatic heterocycles. The van der Waals surface area contributed by atoms with Crippen molar-refractivity contribution in [3.05, 3.63) is 59.7 Å². The molecule has 3 aromatic rings. The summed E-state index contributed by atoms with van der Waals surface area (Å²) >= 11 is 0. The Balaban J connectivity index is 1.68. The molecule has 26 heavy (non-hydrogen) atoms. The smallest absolute Gasteiger partial charge is 0.0828 e. The molecule has 3 aromatic carbocycles. The Kier molecular flexibility index (Phi) is 4.40. The molecule has 0 aromatic heterocycles. The topological polar surface area (TPSA) is 18.5 Å². The SMILES string of the molecule is c1ccc2cc3cc(C4CCCCO4)c(C4CCCCO4)cc3cc2c1. The minimum Gasteiger partial charge on any atom is -0.374 e. The first kappa shape index (κ1) is 16.3. The Morgan fingerprint density at radius 1 is 0.577 bits per heavy atom. The molecule has 2 fully saturated rings. The van der Waals surface area contributed by atoms with Crippen LogP contribution in [0.2, 0.25) is 0 Å². The highest BCUT2D eigenvalue weighted by molar-refractivity contribution is 5.98. The van der Waals surface area contributed by atoms with E-state index in [-0.39, 0.29) is 12.2 Å². The molecule has 2 aliphatic rings. The van der Waals surface area contributed by atoms with Crippen molar-refractivity contribution in [3.8, 4) is 0 Å². The van der Waals surface area contributed by atoms with E-state index in [1.54, 1.807) is 0 Å². The van der Waals surface area contributed by atoms with Crippen LogP contribution in [0, 0.1) is 0 Å². The third-order valence-electron chi connectivity index (χ3n) is 5.96. The van der Waals surface area contributed by atoms with Gasteiger partial charge in [0.2, 0.25) is 0 Å². The van der Waals surface area contributed by atoms with E-state index in [1.807, 2.05) is 0 Å². The fraction of sp³-hybridized carbons (Fsp3) is 0.417. The Labute approximate surface area is 155 Å². The Morgan fingerprint density at radius 3 is 1.50 bits per heavy atom. The van der Waals surface area contributed by atoms with Crippen LogP contribution in [0.1, 0.15) is 61.9 Å². The maximum Gasteiger partial charge on any atom is 0.0828 e. The van der Waals surface area contributed by atoms with Gasteiger partial charge in [0.05, 0.1) is 12.2 Å². The van der Waals surface area contributed by atoms with Crippen molar-refractivity contribution in [2.45, 2.75) is 50.7 Å². The highest BCUT2D eigenvalue weighted by atomic mass is 16.5. The van der Waals surface area contributed by atoms with Crippen LogP contribution in [0.4, 0.5) is 0 Å². The average Bonchev–Trinajstić information content (AvgIpc) is 2.72. The highest BCUT2D eigenvalue weighted by Crippen LogP contribution is 2.39. The molecule has 0 amide bonds. The third-order valence-corrected chi connectivity index (χ3v) is 5.96. The molecule has 2 unspecified atom stereocenters. The maximum atomic E-state index is 6.18. The lowest BCUT2D eigenvalue weighted by molar-refractivity contribution is -0.000391. The summed E-state index contributed by atoms with van der Waals surface area (Å²) in [6, 6.07) is 18.0. The normalized spacial score (nSPS) is 24.2. The second kappa shape index (κ2) is 7.02. The second-order valence-electron chi connectivity index (χ2n) is 7.74. The predicted octanol–water partition coefficient (Wildman–Crippen LogP) is 6.48. The van der Waals surface area contributed by atoms with Crippen LogP contribution >= 0.6 is 0 Å². The molecular weight excluding hydrogens is 320 g/mol. The van der Waals surface area contributed by atoms with Gasteiger partial charge < -0.3 is 9.47 Å². The van der Waals surface area contributed by atoms with E-state index in [0.29, 0.717) is 0 Å². The lowest BCUT2D eigenvalue weighted by Gasteiger charge is -2.30. The summed E-state index contributed by atoms with van der Waals surface area (Å²) in [6.45, 7) is 1.76. The van der Waals surface area contributed by atoms with Crippen LogP contribution in [-0.2, 0) is 9.47 Å². The van der Waals surface area contributed by atoms with E-state index in [0.717, 1.165) is 26.1 Å². The van der Waals surface area contributed by atoms with Crippen molar-refractivity contribution in [3.63, 3.8) is 0 Å². The first-order valence-electron chi connectivity index (χ1n) is 10.1. The van der Waals surface area contributed by atoms with Crippen molar-refractivity contribution in [1.82, 2.24) is 0 Å². The highest BCUT2D eigenvalue weighted by Gasteiger charge is 2.25. The van der Waals surface area contributed by atoms with Crippen molar-refractivity contribution in [2.75, 3.05) is 13.2 Å². The molecule has 0 N–H and O–H groups in total. The Morgan fingerprint density at radius 2 is 1.08 bits per heavy atom. The molecule has 5 rings (SSSR count). The predicted molar refractivity (Wildman–Crippen MR) is 107 cm³/mol. The molecule has 0 radical (unpaired) electrons. The van der Waals surface area contributed by atoms with Crippen molar-refractivity contribution >= 4 is 21.5 Å². The molecule has 0 saturated carbocycles. The van der Waals surface area contributed by atoms with Gasteiger partial charge in [0, 0.05) is 13.2 Å². The third kappa shape index (κ3) is 3.02. The number of rotatable bonds is 2. The van der Waals surface area contributed by atoms with Gasteiger partial charge in [-0.1, -0.05) is 24.3 Å². The summed E-state index contributed by atoms with van der Waals surface area (Å²) in [6.07, 6.45) is 7.57.